The highest BCUT2D eigenvalue weighted by Crippen LogP contribution is 2.26. The molecule has 0 saturated heterocycles. The number of hydrogen-bond acceptors (Lipinski definition) is 1. The highest BCUT2D eigenvalue weighted by molar-refractivity contribution is 9.10. The standard InChI is InChI=1S/C13H11BrClN/c14-12-8-4-5-10(13(12)15)9-16-11-6-2-1-3-7-11/h1-8,16H,9H2. The predicted octanol–water partition coefficient (Wildman–Crippen LogP) is 4.71. The molecular formula is C13H11BrClN. The van der Waals surface area contributed by atoms with Crippen LogP contribution in [-0.4, -0.2) is 0 Å². The van der Waals surface area contributed by atoms with Gasteiger partial charge in [-0.15, -0.1) is 0 Å². The maximum atomic E-state index is 6.17. The summed E-state index contributed by atoms with van der Waals surface area (Å²) in [5.41, 5.74) is 2.18. The van der Waals surface area contributed by atoms with Gasteiger partial charge in [0.2, 0.25) is 0 Å². The van der Waals surface area contributed by atoms with Crippen LogP contribution in [0.2, 0.25) is 5.02 Å². The fourth-order valence-corrected chi connectivity index (χ4v) is 2.04. The molecule has 0 amide bonds. The van der Waals surface area contributed by atoms with E-state index in [4.69, 9.17) is 11.6 Å². The molecule has 0 aliphatic carbocycles. The van der Waals surface area contributed by atoms with Crippen molar-refractivity contribution in [2.75, 3.05) is 5.32 Å². The van der Waals surface area contributed by atoms with Gasteiger partial charge in [0.25, 0.3) is 0 Å². The minimum absolute atomic E-state index is 0.724. The maximum Gasteiger partial charge on any atom is 0.0597 e. The summed E-state index contributed by atoms with van der Waals surface area (Å²) in [7, 11) is 0. The molecule has 82 valence electrons. The van der Waals surface area contributed by atoms with Crippen LogP contribution < -0.4 is 5.32 Å². The normalized spacial score (nSPS) is 10.1. The van der Waals surface area contributed by atoms with Gasteiger partial charge in [0, 0.05) is 16.7 Å². The van der Waals surface area contributed by atoms with Crippen LogP contribution in [-0.2, 0) is 6.54 Å². The molecule has 0 aliphatic rings. The number of para-hydroxylation sites is 1. The van der Waals surface area contributed by atoms with Gasteiger partial charge in [-0.3, -0.25) is 0 Å². The predicted molar refractivity (Wildman–Crippen MR) is 72.9 cm³/mol. The van der Waals surface area contributed by atoms with Crippen LogP contribution in [0.5, 0.6) is 0 Å². The third kappa shape index (κ3) is 2.77. The summed E-state index contributed by atoms with van der Waals surface area (Å²) < 4.78 is 0.932. The van der Waals surface area contributed by atoms with Gasteiger partial charge >= 0.3 is 0 Å². The fraction of sp³-hybridized carbons (Fsp3) is 0.0769. The first-order chi connectivity index (χ1) is 7.77. The Morgan fingerprint density at radius 3 is 2.50 bits per heavy atom. The summed E-state index contributed by atoms with van der Waals surface area (Å²) in [4.78, 5) is 0. The number of benzene rings is 2. The molecule has 0 radical (unpaired) electrons. The second-order valence-electron chi connectivity index (χ2n) is 3.43. The van der Waals surface area contributed by atoms with E-state index in [1.54, 1.807) is 0 Å². The van der Waals surface area contributed by atoms with Crippen molar-refractivity contribution in [2.45, 2.75) is 6.54 Å². The van der Waals surface area contributed by atoms with Gasteiger partial charge < -0.3 is 5.32 Å². The molecule has 0 bridgehead atoms. The summed E-state index contributed by atoms with van der Waals surface area (Å²) in [6.45, 7) is 0.724. The van der Waals surface area contributed by atoms with Crippen molar-refractivity contribution in [3.8, 4) is 0 Å². The van der Waals surface area contributed by atoms with E-state index in [9.17, 15) is 0 Å². The van der Waals surface area contributed by atoms with Crippen LogP contribution in [0, 0.1) is 0 Å². The first-order valence-electron chi connectivity index (χ1n) is 4.99. The van der Waals surface area contributed by atoms with E-state index in [0.29, 0.717) is 0 Å². The van der Waals surface area contributed by atoms with Gasteiger partial charge in [-0.1, -0.05) is 41.9 Å². The van der Waals surface area contributed by atoms with Crippen molar-refractivity contribution < 1.29 is 0 Å². The summed E-state index contributed by atoms with van der Waals surface area (Å²) in [5, 5.41) is 4.09. The molecule has 0 unspecified atom stereocenters. The number of nitrogens with one attached hydrogen (secondary N) is 1. The molecule has 2 aromatic carbocycles. The molecule has 0 aromatic heterocycles. The number of hydrogen-bond donors (Lipinski definition) is 1. The first-order valence-corrected chi connectivity index (χ1v) is 6.16. The molecule has 1 N–H and O–H groups in total. The zero-order valence-corrected chi connectivity index (χ0v) is 10.9. The van der Waals surface area contributed by atoms with Crippen molar-refractivity contribution in [1.29, 1.82) is 0 Å². The van der Waals surface area contributed by atoms with Crippen molar-refractivity contribution in [3.63, 3.8) is 0 Å². The largest absolute Gasteiger partial charge is 0.381 e. The van der Waals surface area contributed by atoms with Crippen LogP contribution in [0.25, 0.3) is 0 Å². The Morgan fingerprint density at radius 2 is 1.75 bits per heavy atom. The molecule has 0 spiro atoms. The first kappa shape index (κ1) is 11.5. The van der Waals surface area contributed by atoms with Gasteiger partial charge in [-0.25, -0.2) is 0 Å². The third-order valence-corrected chi connectivity index (χ3v) is 3.62. The van der Waals surface area contributed by atoms with Gasteiger partial charge in [-0.05, 0) is 39.7 Å². The summed E-state index contributed by atoms with van der Waals surface area (Å²) in [6.07, 6.45) is 0. The SMILES string of the molecule is Clc1c(Br)cccc1CNc1ccccc1. The second-order valence-corrected chi connectivity index (χ2v) is 4.66. The van der Waals surface area contributed by atoms with E-state index in [1.165, 1.54) is 0 Å². The Hall–Kier alpha value is -0.990. The molecule has 0 atom stereocenters. The smallest absolute Gasteiger partial charge is 0.0597 e. The van der Waals surface area contributed by atoms with Gasteiger partial charge in [0.1, 0.15) is 0 Å². The van der Waals surface area contributed by atoms with Gasteiger partial charge in [-0.2, -0.15) is 0 Å². The van der Waals surface area contributed by atoms with E-state index in [-0.39, 0.29) is 0 Å². The Morgan fingerprint density at radius 1 is 1.00 bits per heavy atom. The summed E-state index contributed by atoms with van der Waals surface area (Å²) in [6, 6.07) is 16.0. The second kappa shape index (κ2) is 5.37. The zero-order valence-electron chi connectivity index (χ0n) is 8.58. The Bertz CT molecular complexity index is 471. The lowest BCUT2D eigenvalue weighted by Crippen LogP contribution is -1.99. The molecule has 2 rings (SSSR count). The molecule has 1 nitrogen and oxygen atoms in total. The minimum Gasteiger partial charge on any atom is -0.381 e. The lowest BCUT2D eigenvalue weighted by molar-refractivity contribution is 1.15. The topological polar surface area (TPSA) is 12.0 Å². The Labute approximate surface area is 109 Å². The molecule has 16 heavy (non-hydrogen) atoms. The van der Waals surface area contributed by atoms with Crippen LogP contribution in [0.3, 0.4) is 0 Å². The van der Waals surface area contributed by atoms with Crippen molar-refractivity contribution in [1.82, 2.24) is 0 Å². The highest BCUT2D eigenvalue weighted by atomic mass is 79.9. The molecule has 3 heteroatoms. The van der Waals surface area contributed by atoms with E-state index in [0.717, 1.165) is 27.3 Å². The molecular weight excluding hydrogens is 286 g/mol. The van der Waals surface area contributed by atoms with Crippen LogP contribution in [0.4, 0.5) is 5.69 Å². The molecule has 0 saturated carbocycles. The number of rotatable bonds is 3. The van der Waals surface area contributed by atoms with Crippen molar-refractivity contribution in [2.24, 2.45) is 0 Å². The average molecular weight is 297 g/mol. The number of anilines is 1. The summed E-state index contributed by atoms with van der Waals surface area (Å²) in [5.74, 6) is 0. The lowest BCUT2D eigenvalue weighted by Gasteiger charge is -2.08. The van der Waals surface area contributed by atoms with E-state index < -0.39 is 0 Å². The van der Waals surface area contributed by atoms with Crippen molar-refractivity contribution >= 4 is 33.2 Å². The van der Waals surface area contributed by atoms with Crippen LogP contribution >= 0.6 is 27.5 Å². The average Bonchev–Trinajstić information content (AvgIpc) is 2.32. The Balaban J connectivity index is 2.08. The maximum absolute atomic E-state index is 6.17. The number of halogens is 2. The molecule has 2 aromatic rings. The zero-order chi connectivity index (χ0) is 11.4. The van der Waals surface area contributed by atoms with Gasteiger partial charge in [0.15, 0.2) is 0 Å². The van der Waals surface area contributed by atoms with E-state index >= 15 is 0 Å². The monoisotopic (exact) mass is 295 g/mol. The third-order valence-electron chi connectivity index (χ3n) is 2.29. The molecule has 0 aliphatic heterocycles. The van der Waals surface area contributed by atoms with E-state index in [1.807, 2.05) is 48.5 Å². The quantitative estimate of drug-likeness (QED) is 0.864. The van der Waals surface area contributed by atoms with Crippen molar-refractivity contribution in [3.05, 3.63) is 63.6 Å². The van der Waals surface area contributed by atoms with Gasteiger partial charge in [0.05, 0.1) is 5.02 Å². The lowest BCUT2D eigenvalue weighted by atomic mass is 10.2. The summed E-state index contributed by atoms with van der Waals surface area (Å²) >= 11 is 9.59. The Kier molecular flexibility index (Phi) is 3.86. The van der Waals surface area contributed by atoms with E-state index in [2.05, 4.69) is 21.2 Å². The fourth-order valence-electron chi connectivity index (χ4n) is 1.44. The van der Waals surface area contributed by atoms with Crippen LogP contribution in [0.1, 0.15) is 5.56 Å². The minimum atomic E-state index is 0.724. The molecule has 0 fully saturated rings. The molecule has 0 heterocycles. The highest BCUT2D eigenvalue weighted by Gasteiger charge is 2.02. The van der Waals surface area contributed by atoms with Crippen LogP contribution in [0.15, 0.2) is 53.0 Å².